The lowest BCUT2D eigenvalue weighted by Crippen LogP contribution is -2.44. The van der Waals surface area contributed by atoms with Gasteiger partial charge in [0.05, 0.1) is 18.5 Å². The summed E-state index contributed by atoms with van der Waals surface area (Å²) in [4.78, 5) is 23.4. The molecular formula is C22H27F3N6O2. The van der Waals surface area contributed by atoms with Gasteiger partial charge >= 0.3 is 6.03 Å². The summed E-state index contributed by atoms with van der Waals surface area (Å²) in [5, 5.41) is 0. The second-order valence-corrected chi connectivity index (χ2v) is 8.67. The van der Waals surface area contributed by atoms with Crippen molar-refractivity contribution in [3.8, 4) is 5.75 Å². The Bertz CT molecular complexity index is 1000. The first-order valence-electron chi connectivity index (χ1n) is 10.9. The molecule has 3 unspecified atom stereocenters. The number of primary amides is 1. The number of aromatic nitrogens is 2. The third kappa shape index (κ3) is 4.97. The van der Waals surface area contributed by atoms with Gasteiger partial charge in [-0.05, 0) is 37.3 Å². The predicted molar refractivity (Wildman–Crippen MR) is 115 cm³/mol. The molecule has 0 saturated carbocycles. The number of ether oxygens (including phenoxy) is 1. The standard InChI is InChI=1S/C22H27F3N6O2/c1-12(13-2-4-30(5-3-13)21(27)32)33-14-8-28-22(29-9-14)31-10-16(20(26)11-31)15-6-18(24)19(25)7-17(15)23/h6-9,12-13,16,20H,2-5,10-11,26H2,1H3,(H2,27,32). The summed E-state index contributed by atoms with van der Waals surface area (Å²) in [6, 6.07) is 0.519. The first kappa shape index (κ1) is 23.1. The van der Waals surface area contributed by atoms with Gasteiger partial charge < -0.3 is 26.0 Å². The lowest BCUT2D eigenvalue weighted by Gasteiger charge is -2.33. The van der Waals surface area contributed by atoms with E-state index in [9.17, 15) is 18.0 Å². The lowest BCUT2D eigenvalue weighted by atomic mass is 9.92. The second kappa shape index (κ2) is 9.42. The summed E-state index contributed by atoms with van der Waals surface area (Å²) in [6.45, 7) is 3.81. The summed E-state index contributed by atoms with van der Waals surface area (Å²) in [6.07, 6.45) is 4.64. The molecule has 2 amide bonds. The third-order valence-corrected chi connectivity index (χ3v) is 6.54. The Morgan fingerprint density at radius 2 is 1.73 bits per heavy atom. The maximum atomic E-state index is 14.2. The Morgan fingerprint density at radius 1 is 1.09 bits per heavy atom. The first-order chi connectivity index (χ1) is 15.7. The highest BCUT2D eigenvalue weighted by atomic mass is 19.2. The number of likely N-dealkylation sites (tertiary alicyclic amines) is 1. The van der Waals surface area contributed by atoms with Crippen molar-refractivity contribution >= 4 is 12.0 Å². The van der Waals surface area contributed by atoms with Gasteiger partial charge in [-0.15, -0.1) is 0 Å². The maximum Gasteiger partial charge on any atom is 0.314 e. The highest BCUT2D eigenvalue weighted by molar-refractivity contribution is 5.72. The molecule has 2 aromatic rings. The van der Waals surface area contributed by atoms with Crippen LogP contribution in [0.2, 0.25) is 0 Å². The van der Waals surface area contributed by atoms with Crippen LogP contribution in [0.15, 0.2) is 24.5 Å². The average molecular weight is 464 g/mol. The highest BCUT2D eigenvalue weighted by Crippen LogP contribution is 2.32. The van der Waals surface area contributed by atoms with Crippen molar-refractivity contribution in [3.63, 3.8) is 0 Å². The van der Waals surface area contributed by atoms with E-state index in [0.29, 0.717) is 37.4 Å². The first-order valence-corrected chi connectivity index (χ1v) is 10.9. The molecule has 1 aromatic carbocycles. The van der Waals surface area contributed by atoms with Crippen LogP contribution >= 0.6 is 0 Å². The summed E-state index contributed by atoms with van der Waals surface area (Å²) in [5.41, 5.74) is 11.5. The van der Waals surface area contributed by atoms with Crippen LogP contribution in [0.1, 0.15) is 31.2 Å². The molecule has 2 fully saturated rings. The fourth-order valence-corrected chi connectivity index (χ4v) is 4.58. The molecule has 2 aliphatic heterocycles. The molecule has 0 spiro atoms. The number of rotatable bonds is 5. The molecule has 33 heavy (non-hydrogen) atoms. The highest BCUT2D eigenvalue weighted by Gasteiger charge is 2.35. The van der Waals surface area contributed by atoms with Crippen LogP contribution in [-0.4, -0.2) is 59.2 Å². The van der Waals surface area contributed by atoms with E-state index in [0.717, 1.165) is 18.9 Å². The van der Waals surface area contributed by atoms with Crippen molar-refractivity contribution in [2.75, 3.05) is 31.1 Å². The minimum atomic E-state index is -1.23. The molecule has 3 atom stereocenters. The number of nitrogens with zero attached hydrogens (tertiary/aromatic N) is 4. The van der Waals surface area contributed by atoms with E-state index in [-0.39, 0.29) is 24.1 Å². The summed E-state index contributed by atoms with van der Waals surface area (Å²) >= 11 is 0. The smallest absolute Gasteiger partial charge is 0.314 e. The molecule has 4 rings (SSSR count). The van der Waals surface area contributed by atoms with E-state index >= 15 is 0 Å². The van der Waals surface area contributed by atoms with Crippen LogP contribution in [0.3, 0.4) is 0 Å². The van der Waals surface area contributed by atoms with Crippen LogP contribution in [0.25, 0.3) is 0 Å². The van der Waals surface area contributed by atoms with Crippen molar-refractivity contribution in [1.29, 1.82) is 0 Å². The van der Waals surface area contributed by atoms with Crippen LogP contribution in [0, 0.1) is 23.4 Å². The van der Waals surface area contributed by atoms with Crippen molar-refractivity contribution in [1.82, 2.24) is 14.9 Å². The van der Waals surface area contributed by atoms with Gasteiger partial charge in [0.2, 0.25) is 5.95 Å². The Morgan fingerprint density at radius 3 is 2.36 bits per heavy atom. The van der Waals surface area contributed by atoms with E-state index < -0.39 is 35.4 Å². The number of halogens is 3. The van der Waals surface area contributed by atoms with Gasteiger partial charge in [0, 0.05) is 44.2 Å². The summed E-state index contributed by atoms with van der Waals surface area (Å²) in [7, 11) is 0. The number of benzene rings is 1. The van der Waals surface area contributed by atoms with Gasteiger partial charge in [-0.3, -0.25) is 0 Å². The molecule has 11 heteroatoms. The number of hydrogen-bond donors (Lipinski definition) is 2. The Balaban J connectivity index is 1.37. The molecule has 0 bridgehead atoms. The number of nitrogens with two attached hydrogens (primary N) is 2. The molecule has 2 saturated heterocycles. The molecule has 0 radical (unpaired) electrons. The second-order valence-electron chi connectivity index (χ2n) is 8.67. The number of anilines is 1. The van der Waals surface area contributed by atoms with Gasteiger partial charge in [0.15, 0.2) is 17.4 Å². The van der Waals surface area contributed by atoms with E-state index in [1.165, 1.54) is 0 Å². The minimum Gasteiger partial charge on any atom is -0.487 e. The SMILES string of the molecule is CC(Oc1cnc(N2CC(N)C(c3cc(F)c(F)cc3F)C2)nc1)C1CCN(C(N)=O)CC1. The Kier molecular flexibility index (Phi) is 6.59. The van der Waals surface area contributed by atoms with Gasteiger partial charge in [0.25, 0.3) is 0 Å². The molecule has 178 valence electrons. The van der Waals surface area contributed by atoms with E-state index in [1.54, 1.807) is 22.2 Å². The molecule has 1 aromatic heterocycles. The number of carbonyl (C=O) groups is 1. The zero-order chi connectivity index (χ0) is 23.7. The molecule has 3 heterocycles. The van der Waals surface area contributed by atoms with E-state index in [4.69, 9.17) is 16.2 Å². The molecule has 8 nitrogen and oxygen atoms in total. The van der Waals surface area contributed by atoms with Crippen molar-refractivity contribution in [3.05, 3.63) is 47.5 Å². The van der Waals surface area contributed by atoms with Crippen LogP contribution in [0.5, 0.6) is 5.75 Å². The van der Waals surface area contributed by atoms with Crippen LogP contribution in [-0.2, 0) is 0 Å². The van der Waals surface area contributed by atoms with E-state index in [2.05, 4.69) is 9.97 Å². The Hall–Kier alpha value is -3.08. The van der Waals surface area contributed by atoms with Gasteiger partial charge in [-0.1, -0.05) is 0 Å². The van der Waals surface area contributed by atoms with Crippen molar-refractivity contribution < 1.29 is 22.7 Å². The number of carbonyl (C=O) groups excluding carboxylic acids is 1. The molecule has 4 N–H and O–H groups in total. The third-order valence-electron chi connectivity index (χ3n) is 6.54. The fourth-order valence-electron chi connectivity index (χ4n) is 4.58. The number of hydrogen-bond acceptors (Lipinski definition) is 6. The topological polar surface area (TPSA) is 111 Å². The van der Waals surface area contributed by atoms with Crippen LogP contribution in [0.4, 0.5) is 23.9 Å². The number of amides is 2. The average Bonchev–Trinajstić information content (AvgIpc) is 3.18. The Labute approximate surface area is 189 Å². The van der Waals surface area contributed by atoms with Crippen molar-refractivity contribution in [2.24, 2.45) is 17.4 Å². The molecule has 0 aliphatic carbocycles. The maximum absolute atomic E-state index is 14.2. The van der Waals surface area contributed by atoms with Gasteiger partial charge in [-0.2, -0.15) is 0 Å². The molecular weight excluding hydrogens is 437 g/mol. The van der Waals surface area contributed by atoms with Gasteiger partial charge in [0.1, 0.15) is 5.82 Å². The van der Waals surface area contributed by atoms with Crippen LogP contribution < -0.4 is 21.1 Å². The predicted octanol–water partition coefficient (Wildman–Crippen LogP) is 2.38. The lowest BCUT2D eigenvalue weighted by molar-refractivity contribution is 0.0980. The number of urea groups is 1. The normalized spacial score (nSPS) is 22.5. The van der Waals surface area contributed by atoms with E-state index in [1.807, 2.05) is 6.92 Å². The zero-order valence-corrected chi connectivity index (χ0v) is 18.3. The summed E-state index contributed by atoms with van der Waals surface area (Å²) < 4.78 is 47.1. The molecule has 2 aliphatic rings. The quantitative estimate of drug-likeness (QED) is 0.658. The number of piperidine rings is 1. The summed E-state index contributed by atoms with van der Waals surface area (Å²) in [5.74, 6) is -2.50. The monoisotopic (exact) mass is 464 g/mol. The fraction of sp³-hybridized carbons (Fsp3) is 0.500. The zero-order valence-electron chi connectivity index (χ0n) is 18.3. The minimum absolute atomic E-state index is 0.0417. The van der Waals surface area contributed by atoms with Crippen molar-refractivity contribution in [2.45, 2.75) is 37.8 Å². The van der Waals surface area contributed by atoms with Gasteiger partial charge in [-0.25, -0.2) is 27.9 Å². The largest absolute Gasteiger partial charge is 0.487 e.